The van der Waals surface area contributed by atoms with Gasteiger partial charge in [0, 0.05) is 44.3 Å². The van der Waals surface area contributed by atoms with Crippen LogP contribution in [-0.2, 0) is 13.1 Å². The highest BCUT2D eigenvalue weighted by molar-refractivity contribution is 5.79. The molecule has 1 aromatic carbocycles. The lowest BCUT2D eigenvalue weighted by Crippen LogP contribution is -2.38. The molecule has 0 aliphatic carbocycles. The highest BCUT2D eigenvalue weighted by Crippen LogP contribution is 2.20. The molecule has 3 rings (SSSR count). The summed E-state index contributed by atoms with van der Waals surface area (Å²) in [5.41, 5.74) is 0.967. The molecule has 0 amide bonds. The third kappa shape index (κ3) is 6.12. The smallest absolute Gasteiger partial charge is 0.219 e. The highest BCUT2D eigenvalue weighted by atomic mass is 19.1. The van der Waals surface area contributed by atoms with E-state index in [0.717, 1.165) is 31.2 Å². The van der Waals surface area contributed by atoms with Gasteiger partial charge in [0.1, 0.15) is 11.6 Å². The van der Waals surface area contributed by atoms with Crippen molar-refractivity contribution in [2.75, 3.05) is 13.1 Å². The Bertz CT molecular complexity index is 878. The van der Waals surface area contributed by atoms with E-state index >= 15 is 0 Å². The number of aromatic nitrogens is 2. The van der Waals surface area contributed by atoms with Crippen LogP contribution in [0.25, 0.3) is 0 Å². The molecular weight excluding hydrogens is 357 g/mol. The summed E-state index contributed by atoms with van der Waals surface area (Å²) < 4.78 is 20.8. The molecule has 6 nitrogen and oxygen atoms in total. The third-order valence-corrected chi connectivity index (χ3v) is 3.93. The number of nitrogens with one attached hydrogen (secondary N) is 2. The molecule has 0 unspecified atom stereocenters. The summed E-state index contributed by atoms with van der Waals surface area (Å²) in [5.74, 6) is 1.44. The lowest BCUT2D eigenvalue weighted by molar-refractivity contribution is 0.460. The fourth-order valence-electron chi connectivity index (χ4n) is 2.56. The molecule has 2 heterocycles. The molecule has 0 radical (unpaired) electrons. The fourth-order valence-corrected chi connectivity index (χ4v) is 2.56. The van der Waals surface area contributed by atoms with Crippen molar-refractivity contribution < 1.29 is 9.13 Å². The number of pyridine rings is 1. The Labute approximate surface area is 164 Å². The summed E-state index contributed by atoms with van der Waals surface area (Å²) in [6.45, 7) is 4.94. The van der Waals surface area contributed by atoms with E-state index in [2.05, 4.69) is 25.2 Å². The molecule has 0 aliphatic rings. The van der Waals surface area contributed by atoms with Gasteiger partial charge in [-0.15, -0.1) is 0 Å². The van der Waals surface area contributed by atoms with Gasteiger partial charge in [-0.3, -0.25) is 0 Å². The van der Waals surface area contributed by atoms with Gasteiger partial charge < -0.3 is 19.9 Å². The SMILES string of the molecule is CCNC(=NCc1ccnc(Oc2ccc(F)cc2)c1)NCCn1cccc1. The van der Waals surface area contributed by atoms with E-state index in [9.17, 15) is 4.39 Å². The van der Waals surface area contributed by atoms with Gasteiger partial charge in [0.25, 0.3) is 0 Å². The first-order valence-corrected chi connectivity index (χ1v) is 9.24. The number of nitrogens with zero attached hydrogens (tertiary/aromatic N) is 3. The summed E-state index contributed by atoms with van der Waals surface area (Å²) in [4.78, 5) is 8.81. The highest BCUT2D eigenvalue weighted by Gasteiger charge is 2.02. The molecule has 2 aromatic heterocycles. The van der Waals surface area contributed by atoms with Crippen molar-refractivity contribution in [3.8, 4) is 11.6 Å². The third-order valence-electron chi connectivity index (χ3n) is 3.93. The predicted octanol–water partition coefficient (Wildman–Crippen LogP) is 3.57. The van der Waals surface area contributed by atoms with Gasteiger partial charge in [-0.1, -0.05) is 0 Å². The van der Waals surface area contributed by atoms with Crippen molar-refractivity contribution in [3.63, 3.8) is 0 Å². The number of guanidine groups is 1. The molecule has 0 spiro atoms. The van der Waals surface area contributed by atoms with Crippen molar-refractivity contribution in [1.82, 2.24) is 20.2 Å². The molecule has 2 N–H and O–H groups in total. The van der Waals surface area contributed by atoms with E-state index < -0.39 is 0 Å². The summed E-state index contributed by atoms with van der Waals surface area (Å²) in [6.07, 6.45) is 5.74. The van der Waals surface area contributed by atoms with E-state index in [1.54, 1.807) is 18.3 Å². The van der Waals surface area contributed by atoms with Crippen molar-refractivity contribution in [3.05, 3.63) is 78.5 Å². The first kappa shape index (κ1) is 19.4. The van der Waals surface area contributed by atoms with Crippen LogP contribution in [-0.4, -0.2) is 28.6 Å². The summed E-state index contributed by atoms with van der Waals surface area (Å²) >= 11 is 0. The second-order valence-electron chi connectivity index (χ2n) is 6.10. The number of hydrogen-bond acceptors (Lipinski definition) is 3. The number of ether oxygens (including phenoxy) is 1. The minimum atomic E-state index is -0.302. The van der Waals surface area contributed by atoms with Crippen LogP contribution in [0.5, 0.6) is 11.6 Å². The second kappa shape index (κ2) is 10.1. The molecule has 0 aliphatic heterocycles. The Morgan fingerprint density at radius 2 is 1.93 bits per heavy atom. The minimum absolute atomic E-state index is 0.302. The van der Waals surface area contributed by atoms with Crippen LogP contribution in [0.15, 0.2) is 72.1 Å². The van der Waals surface area contributed by atoms with Crippen molar-refractivity contribution >= 4 is 5.96 Å². The Morgan fingerprint density at radius 3 is 2.68 bits per heavy atom. The maximum Gasteiger partial charge on any atom is 0.219 e. The second-order valence-corrected chi connectivity index (χ2v) is 6.10. The molecule has 28 heavy (non-hydrogen) atoms. The van der Waals surface area contributed by atoms with Crippen LogP contribution in [0.3, 0.4) is 0 Å². The van der Waals surface area contributed by atoms with Gasteiger partial charge in [-0.2, -0.15) is 0 Å². The van der Waals surface area contributed by atoms with Crippen molar-refractivity contribution in [1.29, 1.82) is 0 Å². The van der Waals surface area contributed by atoms with Gasteiger partial charge >= 0.3 is 0 Å². The zero-order valence-electron chi connectivity index (χ0n) is 15.8. The van der Waals surface area contributed by atoms with Gasteiger partial charge in [-0.05, 0) is 55.0 Å². The first-order chi connectivity index (χ1) is 13.7. The van der Waals surface area contributed by atoms with E-state index in [0.29, 0.717) is 18.2 Å². The number of aliphatic imine (C=N–C) groups is 1. The van der Waals surface area contributed by atoms with E-state index in [4.69, 9.17) is 4.74 Å². The standard InChI is InChI=1S/C21H24FN5O/c1-2-23-21(25-11-14-27-12-3-4-13-27)26-16-17-9-10-24-20(15-17)28-19-7-5-18(22)6-8-19/h3-10,12-13,15H,2,11,14,16H2,1H3,(H2,23,25,26). The van der Waals surface area contributed by atoms with Crippen molar-refractivity contribution in [2.45, 2.75) is 20.0 Å². The average molecular weight is 381 g/mol. The van der Waals surface area contributed by atoms with Crippen molar-refractivity contribution in [2.24, 2.45) is 4.99 Å². The van der Waals surface area contributed by atoms with E-state index in [-0.39, 0.29) is 5.82 Å². The Balaban J connectivity index is 1.57. The molecule has 0 fully saturated rings. The lowest BCUT2D eigenvalue weighted by atomic mass is 10.2. The lowest BCUT2D eigenvalue weighted by Gasteiger charge is -2.12. The molecule has 0 atom stereocenters. The van der Waals surface area contributed by atoms with Gasteiger partial charge in [-0.25, -0.2) is 14.4 Å². The quantitative estimate of drug-likeness (QED) is 0.463. The van der Waals surface area contributed by atoms with Crippen LogP contribution < -0.4 is 15.4 Å². The molecule has 0 bridgehead atoms. The molecule has 0 saturated heterocycles. The molecular formula is C21H24FN5O. The van der Waals surface area contributed by atoms with Crippen LogP contribution in [0, 0.1) is 5.82 Å². The van der Waals surface area contributed by atoms with E-state index in [1.807, 2.05) is 43.6 Å². The molecule has 3 aromatic rings. The largest absolute Gasteiger partial charge is 0.439 e. The Morgan fingerprint density at radius 1 is 1.14 bits per heavy atom. The zero-order valence-corrected chi connectivity index (χ0v) is 15.8. The molecule has 7 heteroatoms. The number of benzene rings is 1. The topological polar surface area (TPSA) is 63.5 Å². The molecule has 146 valence electrons. The monoisotopic (exact) mass is 381 g/mol. The zero-order chi connectivity index (χ0) is 19.6. The number of rotatable bonds is 8. The summed E-state index contributed by atoms with van der Waals surface area (Å²) in [7, 11) is 0. The Hall–Kier alpha value is -3.35. The van der Waals surface area contributed by atoms with Crippen LogP contribution in [0.1, 0.15) is 12.5 Å². The summed E-state index contributed by atoms with van der Waals surface area (Å²) in [5, 5.41) is 6.56. The number of halogens is 1. The first-order valence-electron chi connectivity index (χ1n) is 9.24. The minimum Gasteiger partial charge on any atom is -0.439 e. The van der Waals surface area contributed by atoms with Crippen LogP contribution >= 0.6 is 0 Å². The van der Waals surface area contributed by atoms with Crippen LogP contribution in [0.4, 0.5) is 4.39 Å². The average Bonchev–Trinajstić information content (AvgIpc) is 3.22. The maximum absolute atomic E-state index is 13.0. The predicted molar refractivity (Wildman–Crippen MR) is 108 cm³/mol. The van der Waals surface area contributed by atoms with Gasteiger partial charge in [0.15, 0.2) is 5.96 Å². The van der Waals surface area contributed by atoms with Gasteiger partial charge in [0.05, 0.1) is 6.54 Å². The Kier molecular flexibility index (Phi) is 7.01. The fraction of sp³-hybridized carbons (Fsp3) is 0.238. The van der Waals surface area contributed by atoms with Crippen LogP contribution in [0.2, 0.25) is 0 Å². The van der Waals surface area contributed by atoms with Gasteiger partial charge in [0.2, 0.25) is 5.88 Å². The number of hydrogen-bond donors (Lipinski definition) is 2. The maximum atomic E-state index is 13.0. The van der Waals surface area contributed by atoms with E-state index in [1.165, 1.54) is 12.1 Å². The normalized spacial score (nSPS) is 11.3. The summed E-state index contributed by atoms with van der Waals surface area (Å²) in [6, 6.07) is 13.6. The molecule has 0 saturated carbocycles.